The smallest absolute Gasteiger partial charge is 0.247 e. The van der Waals surface area contributed by atoms with Crippen LogP contribution in [0.25, 0.3) is 22.6 Å². The maximum atomic E-state index is 11.3. The molecule has 3 heterocycles. The standard InChI is InChI=1S/C18H20N4O3/c1-21-14-5-3-2-4-13(14)20-18(21)15-7-6-12(25-15)10-22-8-9-24-16(11-22)17(19)23/h2-7,16H,8-11H2,1H3,(H2,19,23)/t16-/m0/s1. The topological polar surface area (TPSA) is 86.5 Å². The SMILES string of the molecule is Cn1c(-c2ccc(CN3CCO[C@H](C(N)=O)C3)o2)nc2ccccc21. The molecule has 3 aromatic rings. The van der Waals surface area contributed by atoms with Crippen LogP contribution in [0.15, 0.2) is 40.8 Å². The van der Waals surface area contributed by atoms with Gasteiger partial charge in [0.05, 0.1) is 24.2 Å². The Morgan fingerprint density at radius 2 is 2.16 bits per heavy atom. The molecule has 1 amide bonds. The third-order valence-corrected chi connectivity index (χ3v) is 4.52. The number of nitrogens with two attached hydrogens (primary N) is 1. The molecule has 1 aromatic carbocycles. The van der Waals surface area contributed by atoms with Gasteiger partial charge in [0.2, 0.25) is 5.91 Å². The zero-order valence-electron chi connectivity index (χ0n) is 14.0. The molecule has 0 spiro atoms. The fourth-order valence-corrected chi connectivity index (χ4v) is 3.19. The van der Waals surface area contributed by atoms with Crippen LogP contribution < -0.4 is 5.73 Å². The molecule has 4 rings (SSSR count). The molecule has 7 nitrogen and oxygen atoms in total. The van der Waals surface area contributed by atoms with E-state index < -0.39 is 12.0 Å². The maximum Gasteiger partial charge on any atom is 0.247 e. The molecule has 1 saturated heterocycles. The highest BCUT2D eigenvalue weighted by Gasteiger charge is 2.25. The van der Waals surface area contributed by atoms with Crippen molar-refractivity contribution >= 4 is 16.9 Å². The van der Waals surface area contributed by atoms with Crippen molar-refractivity contribution in [2.24, 2.45) is 12.8 Å². The Bertz CT molecular complexity index is 914. The van der Waals surface area contributed by atoms with Crippen LogP contribution in [-0.2, 0) is 23.1 Å². The summed E-state index contributed by atoms with van der Waals surface area (Å²) in [6.45, 7) is 2.33. The normalized spacial score (nSPS) is 18.7. The van der Waals surface area contributed by atoms with Crippen molar-refractivity contribution in [3.63, 3.8) is 0 Å². The fraction of sp³-hybridized carbons (Fsp3) is 0.333. The van der Waals surface area contributed by atoms with Gasteiger partial charge in [-0.1, -0.05) is 12.1 Å². The number of nitrogens with zero attached hydrogens (tertiary/aromatic N) is 3. The summed E-state index contributed by atoms with van der Waals surface area (Å²) >= 11 is 0. The molecule has 1 aliphatic rings. The monoisotopic (exact) mass is 340 g/mol. The third kappa shape index (κ3) is 3.04. The van der Waals surface area contributed by atoms with E-state index in [1.54, 1.807) is 0 Å². The number of carbonyl (C=O) groups is 1. The zero-order valence-corrected chi connectivity index (χ0v) is 14.0. The summed E-state index contributed by atoms with van der Waals surface area (Å²) in [6.07, 6.45) is -0.553. The number of amides is 1. The van der Waals surface area contributed by atoms with E-state index in [0.717, 1.165) is 34.9 Å². The second kappa shape index (κ2) is 6.34. The van der Waals surface area contributed by atoms with Gasteiger partial charge in [0, 0.05) is 20.1 Å². The Labute approximate surface area is 145 Å². The van der Waals surface area contributed by atoms with Crippen LogP contribution in [0.1, 0.15) is 5.76 Å². The van der Waals surface area contributed by atoms with Crippen LogP contribution in [-0.4, -0.2) is 46.2 Å². The van der Waals surface area contributed by atoms with Crippen molar-refractivity contribution in [3.8, 4) is 11.6 Å². The van der Waals surface area contributed by atoms with Crippen LogP contribution >= 0.6 is 0 Å². The number of para-hydroxylation sites is 2. The predicted octanol–water partition coefficient (Wildman–Crippen LogP) is 1.52. The molecule has 7 heteroatoms. The van der Waals surface area contributed by atoms with Gasteiger partial charge in [-0.15, -0.1) is 0 Å². The Hall–Kier alpha value is -2.64. The van der Waals surface area contributed by atoms with Crippen molar-refractivity contribution in [2.75, 3.05) is 19.7 Å². The molecule has 2 aromatic heterocycles. The maximum absolute atomic E-state index is 11.3. The number of imidazole rings is 1. The molecule has 1 fully saturated rings. The van der Waals surface area contributed by atoms with E-state index in [2.05, 4.69) is 9.88 Å². The molecule has 2 N–H and O–H groups in total. The molecule has 0 aliphatic carbocycles. The van der Waals surface area contributed by atoms with Crippen molar-refractivity contribution in [3.05, 3.63) is 42.2 Å². The first-order valence-electron chi connectivity index (χ1n) is 8.25. The number of fused-ring (bicyclic) bond motifs is 1. The first kappa shape index (κ1) is 15.9. The summed E-state index contributed by atoms with van der Waals surface area (Å²) in [4.78, 5) is 18.1. The quantitative estimate of drug-likeness (QED) is 0.778. The summed E-state index contributed by atoms with van der Waals surface area (Å²) < 4.78 is 13.4. The molecule has 0 bridgehead atoms. The minimum absolute atomic E-state index is 0.426. The number of morpholine rings is 1. The largest absolute Gasteiger partial charge is 0.456 e. The van der Waals surface area contributed by atoms with Crippen molar-refractivity contribution < 1.29 is 13.9 Å². The number of carbonyl (C=O) groups excluding carboxylic acids is 1. The zero-order chi connectivity index (χ0) is 17.4. The molecule has 25 heavy (non-hydrogen) atoms. The van der Waals surface area contributed by atoms with E-state index in [1.807, 2.05) is 48.0 Å². The van der Waals surface area contributed by atoms with Gasteiger partial charge in [0.15, 0.2) is 11.6 Å². The number of rotatable bonds is 4. The summed E-state index contributed by atoms with van der Waals surface area (Å²) in [5.74, 6) is 1.93. The van der Waals surface area contributed by atoms with Gasteiger partial charge in [-0.25, -0.2) is 4.98 Å². The van der Waals surface area contributed by atoms with Gasteiger partial charge in [-0.05, 0) is 24.3 Å². The lowest BCUT2D eigenvalue weighted by atomic mass is 10.2. The van der Waals surface area contributed by atoms with Crippen molar-refractivity contribution in [1.29, 1.82) is 0 Å². The second-order valence-corrected chi connectivity index (χ2v) is 6.25. The van der Waals surface area contributed by atoms with E-state index in [9.17, 15) is 4.79 Å². The predicted molar refractivity (Wildman–Crippen MR) is 92.6 cm³/mol. The van der Waals surface area contributed by atoms with E-state index in [1.165, 1.54) is 0 Å². The first-order chi connectivity index (χ1) is 12.1. The number of ether oxygens (including phenoxy) is 1. The van der Waals surface area contributed by atoms with Crippen LogP contribution in [0, 0.1) is 0 Å². The molecule has 0 unspecified atom stereocenters. The average molecular weight is 340 g/mol. The molecule has 1 atom stereocenters. The van der Waals surface area contributed by atoms with Gasteiger partial charge >= 0.3 is 0 Å². The molecule has 0 saturated carbocycles. The Kier molecular flexibility index (Phi) is 4.03. The lowest BCUT2D eigenvalue weighted by Gasteiger charge is -2.30. The Morgan fingerprint density at radius 3 is 2.96 bits per heavy atom. The van der Waals surface area contributed by atoms with E-state index in [-0.39, 0.29) is 0 Å². The highest BCUT2D eigenvalue weighted by atomic mass is 16.5. The highest BCUT2D eigenvalue weighted by Crippen LogP contribution is 2.26. The van der Waals surface area contributed by atoms with E-state index >= 15 is 0 Å². The molecular weight excluding hydrogens is 320 g/mol. The summed E-state index contributed by atoms with van der Waals surface area (Å²) in [5.41, 5.74) is 7.33. The number of hydrogen-bond donors (Lipinski definition) is 1. The number of furan rings is 1. The van der Waals surface area contributed by atoms with Crippen molar-refractivity contribution in [1.82, 2.24) is 14.5 Å². The average Bonchev–Trinajstić information content (AvgIpc) is 3.20. The first-order valence-corrected chi connectivity index (χ1v) is 8.25. The highest BCUT2D eigenvalue weighted by molar-refractivity contribution is 5.80. The van der Waals surface area contributed by atoms with Crippen LogP contribution in [0.2, 0.25) is 0 Å². The van der Waals surface area contributed by atoms with Crippen LogP contribution in [0.3, 0.4) is 0 Å². The van der Waals surface area contributed by atoms with E-state index in [0.29, 0.717) is 19.7 Å². The number of aromatic nitrogens is 2. The van der Waals surface area contributed by atoms with Gasteiger partial charge < -0.3 is 19.5 Å². The second-order valence-electron chi connectivity index (χ2n) is 6.25. The van der Waals surface area contributed by atoms with Crippen molar-refractivity contribution in [2.45, 2.75) is 12.6 Å². The molecule has 0 radical (unpaired) electrons. The summed E-state index contributed by atoms with van der Waals surface area (Å²) in [7, 11) is 1.98. The minimum Gasteiger partial charge on any atom is -0.456 e. The lowest BCUT2D eigenvalue weighted by Crippen LogP contribution is -2.47. The van der Waals surface area contributed by atoms with Crippen LogP contribution in [0.4, 0.5) is 0 Å². The molecular formula is C18H20N4O3. The lowest BCUT2D eigenvalue weighted by molar-refractivity contribution is -0.135. The van der Waals surface area contributed by atoms with Gasteiger partial charge in [0.25, 0.3) is 0 Å². The third-order valence-electron chi connectivity index (χ3n) is 4.52. The number of primary amides is 1. The Balaban J connectivity index is 1.54. The number of aryl methyl sites for hydroxylation is 1. The molecule has 130 valence electrons. The van der Waals surface area contributed by atoms with E-state index in [4.69, 9.17) is 14.9 Å². The summed E-state index contributed by atoms with van der Waals surface area (Å²) in [6, 6.07) is 11.9. The number of benzene rings is 1. The molecule has 1 aliphatic heterocycles. The van der Waals surface area contributed by atoms with Gasteiger partial charge in [-0.2, -0.15) is 0 Å². The van der Waals surface area contributed by atoms with Gasteiger partial charge in [0.1, 0.15) is 11.9 Å². The summed E-state index contributed by atoms with van der Waals surface area (Å²) in [5, 5.41) is 0. The number of hydrogen-bond acceptors (Lipinski definition) is 5. The minimum atomic E-state index is -0.553. The van der Waals surface area contributed by atoms with Crippen LogP contribution in [0.5, 0.6) is 0 Å². The fourth-order valence-electron chi connectivity index (χ4n) is 3.19. The Morgan fingerprint density at radius 1 is 1.32 bits per heavy atom. The van der Waals surface area contributed by atoms with Gasteiger partial charge in [-0.3, -0.25) is 9.69 Å².